The fourth-order valence-electron chi connectivity index (χ4n) is 1.96. The van der Waals surface area contributed by atoms with Crippen LogP contribution in [0.3, 0.4) is 0 Å². The van der Waals surface area contributed by atoms with E-state index in [0.717, 1.165) is 11.8 Å². The van der Waals surface area contributed by atoms with Crippen molar-refractivity contribution in [3.05, 3.63) is 57.6 Å². The molecule has 0 aromatic heterocycles. The maximum absolute atomic E-state index is 11.3. The first-order valence-electron chi connectivity index (χ1n) is 5.70. The van der Waals surface area contributed by atoms with Crippen LogP contribution in [0.15, 0.2) is 36.4 Å². The van der Waals surface area contributed by atoms with Gasteiger partial charge >= 0.3 is 0 Å². The van der Waals surface area contributed by atoms with E-state index >= 15 is 0 Å². The summed E-state index contributed by atoms with van der Waals surface area (Å²) in [5.41, 5.74) is 2.45. The van der Waals surface area contributed by atoms with E-state index in [1.165, 1.54) is 7.11 Å². The van der Waals surface area contributed by atoms with E-state index in [1.807, 2.05) is 24.3 Å². The van der Waals surface area contributed by atoms with Crippen molar-refractivity contribution in [3.8, 4) is 11.1 Å². The number of hydrogen-bond acceptors (Lipinski definition) is 3. The van der Waals surface area contributed by atoms with Crippen molar-refractivity contribution < 1.29 is 9.53 Å². The average Bonchev–Trinajstić information content (AvgIpc) is 2.45. The molecule has 0 aliphatic rings. The topological polar surface area (TPSA) is 26.3 Å². The van der Waals surface area contributed by atoms with Gasteiger partial charge in [-0.1, -0.05) is 41.4 Å². The summed E-state index contributed by atoms with van der Waals surface area (Å²) in [6.45, 7) is 0. The Labute approximate surface area is 132 Å². The first kappa shape index (κ1) is 15.0. The van der Waals surface area contributed by atoms with Gasteiger partial charge in [-0.2, -0.15) is 0 Å². The minimum atomic E-state index is 0.337. The van der Waals surface area contributed by atoms with Crippen molar-refractivity contribution in [2.75, 3.05) is 7.11 Å². The van der Waals surface area contributed by atoms with Crippen molar-refractivity contribution in [3.63, 3.8) is 0 Å². The van der Waals surface area contributed by atoms with Crippen LogP contribution < -0.4 is 0 Å². The largest absolute Gasteiger partial charge is 0.486 e. The van der Waals surface area contributed by atoms with Gasteiger partial charge in [0.1, 0.15) is 0 Å². The molecule has 0 unspecified atom stereocenters. The van der Waals surface area contributed by atoms with Crippen molar-refractivity contribution in [2.24, 2.45) is 0 Å². The molecule has 2 nitrogen and oxygen atoms in total. The molecule has 2 aromatic rings. The van der Waals surface area contributed by atoms with Crippen molar-refractivity contribution >= 4 is 46.8 Å². The van der Waals surface area contributed by atoms with Crippen LogP contribution >= 0.6 is 35.4 Å². The quantitative estimate of drug-likeness (QED) is 0.599. The molecular weight excluding hydrogens is 315 g/mol. The highest BCUT2D eigenvalue weighted by molar-refractivity contribution is 7.80. The molecule has 0 aliphatic carbocycles. The molecule has 2 aromatic carbocycles. The van der Waals surface area contributed by atoms with E-state index in [0.29, 0.717) is 31.8 Å². The van der Waals surface area contributed by atoms with Crippen LogP contribution in [0.25, 0.3) is 11.1 Å². The predicted molar refractivity (Wildman–Crippen MR) is 86.0 cm³/mol. The monoisotopic (exact) mass is 324 g/mol. The highest BCUT2D eigenvalue weighted by Gasteiger charge is 2.16. The molecule has 0 radical (unpaired) electrons. The van der Waals surface area contributed by atoms with E-state index in [2.05, 4.69) is 0 Å². The molecule has 2 rings (SSSR count). The molecular formula is C15H10Cl2O2S. The highest BCUT2D eigenvalue weighted by atomic mass is 35.5. The van der Waals surface area contributed by atoms with Gasteiger partial charge in [0.25, 0.3) is 0 Å². The minimum absolute atomic E-state index is 0.337. The number of thiocarbonyl (C=S) groups is 1. The highest BCUT2D eigenvalue weighted by Crippen LogP contribution is 2.35. The van der Waals surface area contributed by atoms with Gasteiger partial charge in [0, 0.05) is 21.7 Å². The van der Waals surface area contributed by atoms with E-state index in [-0.39, 0.29) is 0 Å². The van der Waals surface area contributed by atoms with Crippen molar-refractivity contribution in [2.45, 2.75) is 0 Å². The van der Waals surface area contributed by atoms with Crippen molar-refractivity contribution in [1.29, 1.82) is 0 Å². The van der Waals surface area contributed by atoms with Gasteiger partial charge in [-0.15, -0.1) is 0 Å². The number of aldehydes is 1. The first-order chi connectivity index (χ1) is 9.58. The Morgan fingerprint density at radius 2 is 1.95 bits per heavy atom. The lowest BCUT2D eigenvalue weighted by atomic mass is 9.96. The molecule has 5 heteroatoms. The molecule has 0 N–H and O–H groups in total. The predicted octanol–water partition coefficient (Wildman–Crippen LogP) is 4.79. The third kappa shape index (κ3) is 2.85. The summed E-state index contributed by atoms with van der Waals surface area (Å²) in [7, 11) is 1.50. The Hall–Kier alpha value is -1.42. The molecule has 0 atom stereocenters. The summed E-state index contributed by atoms with van der Waals surface area (Å²) >= 11 is 17.3. The molecule has 0 heterocycles. The summed E-state index contributed by atoms with van der Waals surface area (Å²) in [5, 5.41) is 1.14. The Kier molecular flexibility index (Phi) is 4.76. The Balaban J connectivity index is 2.75. The molecule has 20 heavy (non-hydrogen) atoms. The van der Waals surface area contributed by atoms with Crippen LogP contribution in [0.5, 0.6) is 0 Å². The zero-order chi connectivity index (χ0) is 14.7. The molecule has 0 spiro atoms. The smallest absolute Gasteiger partial charge is 0.191 e. The number of carbonyl (C=O) groups excluding carboxylic acids is 1. The van der Waals surface area contributed by atoms with Crippen LogP contribution in [0.1, 0.15) is 15.9 Å². The number of benzene rings is 2. The Morgan fingerprint density at radius 1 is 1.25 bits per heavy atom. The van der Waals surface area contributed by atoms with Gasteiger partial charge in [0.15, 0.2) is 11.3 Å². The molecule has 102 valence electrons. The summed E-state index contributed by atoms with van der Waals surface area (Å²) in [5.74, 6) is 0. The van der Waals surface area contributed by atoms with Gasteiger partial charge in [-0.25, -0.2) is 0 Å². The van der Waals surface area contributed by atoms with Crippen LogP contribution in [-0.2, 0) is 4.74 Å². The van der Waals surface area contributed by atoms with Gasteiger partial charge in [0.2, 0.25) is 0 Å². The summed E-state index contributed by atoms with van der Waals surface area (Å²) in [4.78, 5) is 11.3. The number of hydrogen-bond donors (Lipinski definition) is 0. The zero-order valence-corrected chi connectivity index (χ0v) is 12.9. The lowest BCUT2D eigenvalue weighted by Gasteiger charge is -2.13. The molecule has 0 aliphatic heterocycles. The average molecular weight is 325 g/mol. The SMILES string of the molecule is COC(=S)c1ccccc1-c1c(Cl)cc(Cl)cc1C=O. The number of carbonyl (C=O) groups is 1. The summed E-state index contributed by atoms with van der Waals surface area (Å²) < 4.78 is 5.11. The van der Waals surface area contributed by atoms with Crippen LogP contribution in [0.2, 0.25) is 10.0 Å². The third-order valence-corrected chi connectivity index (χ3v) is 3.72. The summed E-state index contributed by atoms with van der Waals surface area (Å²) in [6, 6.07) is 10.5. The number of rotatable bonds is 3. The van der Waals surface area contributed by atoms with E-state index < -0.39 is 0 Å². The lowest BCUT2D eigenvalue weighted by Crippen LogP contribution is -2.03. The molecule has 0 bridgehead atoms. The molecule has 0 saturated carbocycles. The fraction of sp³-hybridized carbons (Fsp3) is 0.0667. The maximum Gasteiger partial charge on any atom is 0.191 e. The molecule has 0 saturated heterocycles. The minimum Gasteiger partial charge on any atom is -0.486 e. The molecule has 0 amide bonds. The summed E-state index contributed by atoms with van der Waals surface area (Å²) in [6.07, 6.45) is 0.722. The van der Waals surface area contributed by atoms with Crippen LogP contribution in [0, 0.1) is 0 Å². The van der Waals surface area contributed by atoms with Crippen LogP contribution in [-0.4, -0.2) is 18.4 Å². The Bertz CT molecular complexity index is 684. The number of methoxy groups -OCH3 is 1. The maximum atomic E-state index is 11.3. The van der Waals surface area contributed by atoms with E-state index in [4.69, 9.17) is 40.2 Å². The lowest BCUT2D eigenvalue weighted by molar-refractivity contribution is 0.112. The Morgan fingerprint density at radius 3 is 2.60 bits per heavy atom. The van der Waals surface area contributed by atoms with E-state index in [9.17, 15) is 4.79 Å². The van der Waals surface area contributed by atoms with Gasteiger partial charge < -0.3 is 4.74 Å². The van der Waals surface area contributed by atoms with Crippen molar-refractivity contribution in [1.82, 2.24) is 0 Å². The standard InChI is InChI=1S/C15H10Cl2O2S/c1-19-15(20)12-5-3-2-4-11(12)14-9(8-18)6-10(16)7-13(14)17/h2-8H,1H3. The second kappa shape index (κ2) is 6.35. The van der Waals surface area contributed by atoms with Gasteiger partial charge in [-0.05, 0) is 36.0 Å². The fourth-order valence-corrected chi connectivity index (χ4v) is 2.75. The van der Waals surface area contributed by atoms with Crippen LogP contribution in [0.4, 0.5) is 0 Å². The second-order valence-electron chi connectivity index (χ2n) is 4.01. The second-order valence-corrected chi connectivity index (χ2v) is 5.22. The number of halogens is 2. The third-order valence-electron chi connectivity index (χ3n) is 2.81. The molecule has 0 fully saturated rings. The van der Waals surface area contributed by atoms with E-state index in [1.54, 1.807) is 12.1 Å². The first-order valence-corrected chi connectivity index (χ1v) is 6.87. The van der Waals surface area contributed by atoms with Gasteiger partial charge in [0.05, 0.1) is 12.1 Å². The number of ether oxygens (including phenoxy) is 1. The van der Waals surface area contributed by atoms with Gasteiger partial charge in [-0.3, -0.25) is 4.79 Å². The zero-order valence-electron chi connectivity index (χ0n) is 10.5. The normalized spacial score (nSPS) is 10.2.